The molecule has 1 aromatic rings. The molecule has 0 saturated carbocycles. The van der Waals surface area contributed by atoms with E-state index in [4.69, 9.17) is 14.2 Å². The van der Waals surface area contributed by atoms with Crippen LogP contribution in [0.1, 0.15) is 342 Å². The summed E-state index contributed by atoms with van der Waals surface area (Å²) >= 11 is 0. The molecule has 402 valence electrons. The molecule has 0 N–H and O–H groups in total. The first-order chi connectivity index (χ1) is 33.6. The molecule has 0 amide bonds. The first kappa shape index (κ1) is 64.6. The quantitative estimate of drug-likeness (QED) is 0.0368. The van der Waals surface area contributed by atoms with E-state index < -0.39 is 17.9 Å². The SMILES string of the molecule is CC(C)CCCCCCCCCCCCCCCOC(=O)c1cccc(C(=O)OCCCCCCCCCCCCCCCC(C)C)c1C(=O)OCCCCCCCCCCCCCCCC(C)C. The van der Waals surface area contributed by atoms with Gasteiger partial charge in [-0.3, -0.25) is 0 Å². The molecule has 0 aromatic heterocycles. The van der Waals surface area contributed by atoms with Gasteiger partial charge in [0.15, 0.2) is 0 Å². The minimum Gasteiger partial charge on any atom is -0.462 e. The number of unbranched alkanes of at least 4 members (excludes halogenated alkanes) is 36. The summed E-state index contributed by atoms with van der Waals surface area (Å²) in [5.41, 5.74) is 0.135. The second kappa shape index (κ2) is 47.9. The van der Waals surface area contributed by atoms with Crippen molar-refractivity contribution in [3.63, 3.8) is 0 Å². The van der Waals surface area contributed by atoms with Gasteiger partial charge in [0.1, 0.15) is 0 Å². The topological polar surface area (TPSA) is 78.9 Å². The number of carbonyl (C=O) groups is 3. The first-order valence-electron chi connectivity index (χ1n) is 30.3. The highest BCUT2D eigenvalue weighted by molar-refractivity contribution is 6.10. The van der Waals surface area contributed by atoms with Gasteiger partial charge in [-0.2, -0.15) is 0 Å². The van der Waals surface area contributed by atoms with Crippen LogP contribution in [0.5, 0.6) is 0 Å². The third kappa shape index (κ3) is 40.9. The van der Waals surface area contributed by atoms with Gasteiger partial charge in [-0.15, -0.1) is 0 Å². The van der Waals surface area contributed by atoms with Gasteiger partial charge in [0.25, 0.3) is 0 Å². The van der Waals surface area contributed by atoms with Gasteiger partial charge in [0, 0.05) is 0 Å². The Bertz CT molecular complexity index is 1250. The largest absolute Gasteiger partial charge is 0.462 e. The summed E-state index contributed by atoms with van der Waals surface area (Å²) in [5.74, 6) is 0.662. The highest BCUT2D eigenvalue weighted by Crippen LogP contribution is 2.22. The maximum Gasteiger partial charge on any atom is 0.339 e. The van der Waals surface area contributed by atoms with Crippen LogP contribution in [-0.2, 0) is 14.2 Å². The monoisotopic (exact) mass is 967 g/mol. The lowest BCUT2D eigenvalue weighted by atomic mass is 10.0. The minimum atomic E-state index is -0.655. The molecule has 0 atom stereocenters. The molecule has 6 nitrogen and oxygen atoms in total. The van der Waals surface area contributed by atoms with E-state index in [0.717, 1.165) is 75.5 Å². The number of hydrogen-bond acceptors (Lipinski definition) is 6. The van der Waals surface area contributed by atoms with Crippen molar-refractivity contribution in [3.05, 3.63) is 34.9 Å². The van der Waals surface area contributed by atoms with Crippen LogP contribution in [0.4, 0.5) is 0 Å². The average molecular weight is 968 g/mol. The maximum atomic E-state index is 13.7. The molecule has 0 aliphatic heterocycles. The second-order valence-electron chi connectivity index (χ2n) is 22.5. The fourth-order valence-corrected chi connectivity index (χ4v) is 9.63. The fourth-order valence-electron chi connectivity index (χ4n) is 9.63. The molecule has 0 spiro atoms. The Labute approximate surface area is 428 Å². The Kier molecular flexibility index (Phi) is 44.9. The molecule has 0 saturated heterocycles. The number of rotatable bonds is 51. The molecule has 6 heteroatoms. The summed E-state index contributed by atoms with van der Waals surface area (Å²) in [5, 5.41) is 0. The minimum absolute atomic E-state index is 0.0275. The van der Waals surface area contributed by atoms with Crippen LogP contribution < -0.4 is 0 Å². The van der Waals surface area contributed by atoms with Crippen LogP contribution in [0.3, 0.4) is 0 Å². The van der Waals surface area contributed by atoms with E-state index in [2.05, 4.69) is 41.5 Å². The third-order valence-electron chi connectivity index (χ3n) is 14.2. The van der Waals surface area contributed by atoms with Gasteiger partial charge >= 0.3 is 17.9 Å². The van der Waals surface area contributed by atoms with E-state index >= 15 is 0 Å². The summed E-state index contributed by atoms with van der Waals surface area (Å²) in [6, 6.07) is 4.79. The molecule has 0 bridgehead atoms. The van der Waals surface area contributed by atoms with Crippen LogP contribution in [0.2, 0.25) is 0 Å². The van der Waals surface area contributed by atoms with Crippen molar-refractivity contribution in [1.82, 2.24) is 0 Å². The summed E-state index contributed by atoms with van der Waals surface area (Å²) in [6.45, 7) is 14.7. The molecule has 0 radical (unpaired) electrons. The lowest BCUT2D eigenvalue weighted by Crippen LogP contribution is -2.20. The van der Waals surface area contributed by atoms with Crippen molar-refractivity contribution in [2.45, 2.75) is 311 Å². The number of ether oxygens (including phenoxy) is 3. The molecule has 0 fully saturated rings. The average Bonchev–Trinajstić information content (AvgIpc) is 3.32. The van der Waals surface area contributed by atoms with Crippen molar-refractivity contribution in [1.29, 1.82) is 0 Å². The van der Waals surface area contributed by atoms with E-state index in [0.29, 0.717) is 0 Å². The molecule has 0 aliphatic rings. The van der Waals surface area contributed by atoms with Crippen molar-refractivity contribution in [2.75, 3.05) is 19.8 Å². The van der Waals surface area contributed by atoms with E-state index in [1.165, 1.54) is 212 Å². The zero-order chi connectivity index (χ0) is 50.3. The second-order valence-corrected chi connectivity index (χ2v) is 22.5. The van der Waals surface area contributed by atoms with Gasteiger partial charge < -0.3 is 14.2 Å². The number of hydrogen-bond donors (Lipinski definition) is 0. The molecule has 0 unspecified atom stereocenters. The van der Waals surface area contributed by atoms with Crippen molar-refractivity contribution < 1.29 is 28.6 Å². The molecular weight excluding hydrogens is 853 g/mol. The molecular formula is C63H114O6. The lowest BCUT2D eigenvalue weighted by molar-refractivity contribution is 0.0430. The Hall–Kier alpha value is -2.37. The van der Waals surface area contributed by atoms with E-state index in [1.807, 2.05) is 0 Å². The van der Waals surface area contributed by atoms with Crippen molar-refractivity contribution >= 4 is 17.9 Å². The Morgan fingerprint density at radius 1 is 0.290 bits per heavy atom. The van der Waals surface area contributed by atoms with Crippen LogP contribution in [-0.4, -0.2) is 37.7 Å². The van der Waals surface area contributed by atoms with Crippen LogP contribution in [0.25, 0.3) is 0 Å². The summed E-state index contributed by atoms with van der Waals surface area (Å²) in [6.07, 6.45) is 52.9. The Morgan fingerprint density at radius 3 is 0.696 bits per heavy atom. The van der Waals surface area contributed by atoms with E-state index in [9.17, 15) is 14.4 Å². The van der Waals surface area contributed by atoms with Crippen LogP contribution in [0.15, 0.2) is 18.2 Å². The fraction of sp³-hybridized carbons (Fsp3) is 0.857. The lowest BCUT2D eigenvalue weighted by Gasteiger charge is -2.14. The Morgan fingerprint density at radius 2 is 0.478 bits per heavy atom. The normalized spacial score (nSPS) is 11.6. The Balaban J connectivity index is 2.48. The van der Waals surface area contributed by atoms with Gasteiger partial charge in [-0.25, -0.2) is 14.4 Å². The van der Waals surface area contributed by atoms with Crippen LogP contribution in [0, 0.1) is 17.8 Å². The van der Waals surface area contributed by atoms with Gasteiger partial charge in [0.05, 0.1) is 36.5 Å². The number of esters is 3. The third-order valence-corrected chi connectivity index (χ3v) is 14.2. The summed E-state index contributed by atoms with van der Waals surface area (Å²) in [7, 11) is 0. The summed E-state index contributed by atoms with van der Waals surface area (Å²) < 4.78 is 17.2. The maximum absolute atomic E-state index is 13.7. The summed E-state index contributed by atoms with van der Waals surface area (Å²) in [4.78, 5) is 40.7. The van der Waals surface area contributed by atoms with Crippen LogP contribution >= 0.6 is 0 Å². The smallest absolute Gasteiger partial charge is 0.339 e. The highest BCUT2D eigenvalue weighted by Gasteiger charge is 2.27. The van der Waals surface area contributed by atoms with E-state index in [1.54, 1.807) is 18.2 Å². The highest BCUT2D eigenvalue weighted by atomic mass is 16.5. The zero-order valence-electron chi connectivity index (χ0n) is 46.7. The standard InChI is InChI=1S/C63H114O6/c1-55(2)47-40-34-28-22-16-10-7-13-19-25-31-37-43-52-67-61(64)58-50-46-51-59(62(65)68-53-44-38-32-26-20-14-8-11-17-23-29-35-41-48-56(3)4)60(58)63(66)69-54-45-39-33-27-21-15-9-12-18-24-30-36-42-49-57(5)6/h46,50-51,55-57H,7-45,47-49,52-54H2,1-6H3. The predicted molar refractivity (Wildman–Crippen MR) is 296 cm³/mol. The van der Waals surface area contributed by atoms with Gasteiger partial charge in [-0.1, -0.05) is 298 Å². The molecule has 0 aliphatic carbocycles. The molecule has 69 heavy (non-hydrogen) atoms. The van der Waals surface area contributed by atoms with Crippen molar-refractivity contribution in [2.24, 2.45) is 17.8 Å². The molecule has 0 heterocycles. The van der Waals surface area contributed by atoms with Gasteiger partial charge in [-0.05, 0) is 49.1 Å². The zero-order valence-corrected chi connectivity index (χ0v) is 46.7. The predicted octanol–water partition coefficient (Wildman–Crippen LogP) is 20.5. The number of carbonyl (C=O) groups excluding carboxylic acids is 3. The first-order valence-corrected chi connectivity index (χ1v) is 30.3. The van der Waals surface area contributed by atoms with E-state index in [-0.39, 0.29) is 36.5 Å². The molecule has 1 aromatic carbocycles. The molecule has 1 rings (SSSR count). The van der Waals surface area contributed by atoms with Crippen molar-refractivity contribution in [3.8, 4) is 0 Å². The van der Waals surface area contributed by atoms with Gasteiger partial charge in [0.2, 0.25) is 0 Å². The number of benzene rings is 1.